The Hall–Kier alpha value is -5.27. The van der Waals surface area contributed by atoms with Crippen LogP contribution in [0, 0.1) is 0 Å². The third-order valence-corrected chi connectivity index (χ3v) is 9.62. The van der Waals surface area contributed by atoms with E-state index in [1.807, 2.05) is 0 Å². The first-order chi connectivity index (χ1) is 21.1. The summed E-state index contributed by atoms with van der Waals surface area (Å²) in [7, 11) is 0. The maximum Gasteiger partial charge on any atom is 0.0788 e. The summed E-state index contributed by atoms with van der Waals surface area (Å²) in [4.78, 5) is 5.34. The largest absolute Gasteiger partial charge is 0.247 e. The van der Waals surface area contributed by atoms with E-state index in [4.69, 9.17) is 4.98 Å². The number of fused-ring (bicyclic) bond motifs is 9. The predicted octanol–water partition coefficient (Wildman–Crippen LogP) is 11.3. The van der Waals surface area contributed by atoms with Crippen LogP contribution in [0.3, 0.4) is 0 Å². The van der Waals surface area contributed by atoms with Crippen LogP contribution in [0.5, 0.6) is 0 Å². The van der Waals surface area contributed by atoms with Crippen LogP contribution in [-0.4, -0.2) is 4.98 Å². The fraction of sp³-hybridized carbons (Fsp3) is 0.0714. The molecule has 43 heavy (non-hydrogen) atoms. The molecule has 0 aliphatic heterocycles. The minimum absolute atomic E-state index is 0.0745. The second-order valence-corrected chi connectivity index (χ2v) is 12.4. The van der Waals surface area contributed by atoms with E-state index in [1.165, 1.54) is 71.1 Å². The molecule has 1 aliphatic carbocycles. The summed E-state index contributed by atoms with van der Waals surface area (Å²) in [6, 6.07) is 51.1. The molecule has 0 amide bonds. The average Bonchev–Trinajstić information content (AvgIpc) is 3.29. The van der Waals surface area contributed by atoms with Gasteiger partial charge in [-0.15, -0.1) is 0 Å². The van der Waals surface area contributed by atoms with Crippen molar-refractivity contribution in [2.24, 2.45) is 0 Å². The van der Waals surface area contributed by atoms with Gasteiger partial charge < -0.3 is 0 Å². The SMILES string of the molecule is CC1(C)c2ccccc2-c2cc3c(cc21)c(-c1cccc(-c2cc4ccccc4c4ccccc24)c1)nc1ccccc13. The molecule has 1 aliphatic rings. The molecule has 9 rings (SSSR count). The number of rotatable bonds is 2. The van der Waals surface area contributed by atoms with Crippen molar-refractivity contribution in [2.75, 3.05) is 0 Å². The molecule has 1 heterocycles. The van der Waals surface area contributed by atoms with Crippen molar-refractivity contribution in [3.63, 3.8) is 0 Å². The van der Waals surface area contributed by atoms with Crippen molar-refractivity contribution in [2.45, 2.75) is 19.3 Å². The molecule has 0 saturated carbocycles. The summed E-state index contributed by atoms with van der Waals surface area (Å²) in [6.07, 6.45) is 0. The fourth-order valence-electron chi connectivity index (χ4n) is 7.49. The lowest BCUT2D eigenvalue weighted by molar-refractivity contribution is 0.661. The third-order valence-electron chi connectivity index (χ3n) is 9.62. The highest BCUT2D eigenvalue weighted by atomic mass is 14.7. The van der Waals surface area contributed by atoms with Gasteiger partial charge in [-0.3, -0.25) is 0 Å². The van der Waals surface area contributed by atoms with Crippen LogP contribution in [0.2, 0.25) is 0 Å². The lowest BCUT2D eigenvalue weighted by atomic mass is 9.81. The van der Waals surface area contributed by atoms with Gasteiger partial charge in [-0.1, -0.05) is 123 Å². The predicted molar refractivity (Wildman–Crippen MR) is 183 cm³/mol. The maximum atomic E-state index is 5.34. The molecule has 7 aromatic carbocycles. The molecule has 1 nitrogen and oxygen atoms in total. The molecule has 0 fully saturated rings. The minimum Gasteiger partial charge on any atom is -0.247 e. The van der Waals surface area contributed by atoms with Gasteiger partial charge in [0.2, 0.25) is 0 Å². The van der Waals surface area contributed by atoms with Gasteiger partial charge in [0.25, 0.3) is 0 Å². The summed E-state index contributed by atoms with van der Waals surface area (Å²) < 4.78 is 0. The Balaban J connectivity index is 1.33. The van der Waals surface area contributed by atoms with Crippen LogP contribution in [0.15, 0.2) is 140 Å². The van der Waals surface area contributed by atoms with Crippen molar-refractivity contribution in [3.8, 4) is 33.5 Å². The van der Waals surface area contributed by atoms with Crippen LogP contribution in [-0.2, 0) is 5.41 Å². The van der Waals surface area contributed by atoms with Crippen molar-refractivity contribution in [1.82, 2.24) is 4.98 Å². The monoisotopic (exact) mass is 547 g/mol. The van der Waals surface area contributed by atoms with Gasteiger partial charge in [-0.2, -0.15) is 0 Å². The molecule has 0 unspecified atom stereocenters. The molecule has 0 N–H and O–H groups in total. The van der Waals surface area contributed by atoms with Crippen molar-refractivity contribution < 1.29 is 0 Å². The second-order valence-electron chi connectivity index (χ2n) is 12.4. The Morgan fingerprint density at radius 2 is 1.12 bits per heavy atom. The molecule has 8 aromatic rings. The van der Waals surface area contributed by atoms with E-state index in [0.29, 0.717) is 0 Å². The summed E-state index contributed by atoms with van der Waals surface area (Å²) in [5.74, 6) is 0. The number of benzene rings is 7. The smallest absolute Gasteiger partial charge is 0.0788 e. The summed E-state index contributed by atoms with van der Waals surface area (Å²) in [5, 5.41) is 8.76. The van der Waals surface area contributed by atoms with Gasteiger partial charge in [0.1, 0.15) is 0 Å². The number of hydrogen-bond acceptors (Lipinski definition) is 1. The average molecular weight is 548 g/mol. The van der Waals surface area contributed by atoms with E-state index in [1.54, 1.807) is 0 Å². The van der Waals surface area contributed by atoms with E-state index < -0.39 is 0 Å². The van der Waals surface area contributed by atoms with Crippen LogP contribution >= 0.6 is 0 Å². The molecule has 202 valence electrons. The number of nitrogens with zero attached hydrogens (tertiary/aromatic N) is 1. The molecule has 0 saturated heterocycles. The van der Waals surface area contributed by atoms with E-state index in [-0.39, 0.29) is 5.41 Å². The lowest BCUT2D eigenvalue weighted by Crippen LogP contribution is -2.14. The van der Waals surface area contributed by atoms with Crippen molar-refractivity contribution in [1.29, 1.82) is 0 Å². The van der Waals surface area contributed by atoms with Gasteiger partial charge in [0.15, 0.2) is 0 Å². The van der Waals surface area contributed by atoms with E-state index in [2.05, 4.69) is 153 Å². The molecular weight excluding hydrogens is 518 g/mol. The van der Waals surface area contributed by atoms with Crippen LogP contribution in [0.4, 0.5) is 0 Å². The highest BCUT2D eigenvalue weighted by molar-refractivity contribution is 6.15. The van der Waals surface area contributed by atoms with Crippen LogP contribution < -0.4 is 0 Å². The van der Waals surface area contributed by atoms with Gasteiger partial charge in [0.05, 0.1) is 11.2 Å². The van der Waals surface area contributed by atoms with E-state index >= 15 is 0 Å². The molecule has 0 radical (unpaired) electrons. The molecular formula is C42H29N. The normalized spacial score (nSPS) is 13.5. The quantitative estimate of drug-likeness (QED) is 0.196. The Morgan fingerprint density at radius 3 is 2.00 bits per heavy atom. The topological polar surface area (TPSA) is 12.9 Å². The van der Waals surface area contributed by atoms with Crippen molar-refractivity contribution >= 4 is 43.2 Å². The van der Waals surface area contributed by atoms with Crippen LogP contribution in [0.25, 0.3) is 76.7 Å². The molecule has 1 aromatic heterocycles. The fourth-order valence-corrected chi connectivity index (χ4v) is 7.49. The zero-order valence-corrected chi connectivity index (χ0v) is 24.2. The first-order valence-corrected chi connectivity index (χ1v) is 15.1. The summed E-state index contributed by atoms with van der Waals surface area (Å²) >= 11 is 0. The first kappa shape index (κ1) is 24.3. The van der Waals surface area contributed by atoms with Gasteiger partial charge in [-0.25, -0.2) is 4.98 Å². The Bertz CT molecular complexity index is 2430. The number of hydrogen-bond donors (Lipinski definition) is 0. The van der Waals surface area contributed by atoms with Gasteiger partial charge in [0, 0.05) is 21.8 Å². The minimum atomic E-state index is -0.0745. The number of aromatic nitrogens is 1. The summed E-state index contributed by atoms with van der Waals surface area (Å²) in [5.41, 5.74) is 11.0. The zero-order chi connectivity index (χ0) is 28.7. The first-order valence-electron chi connectivity index (χ1n) is 15.1. The van der Waals surface area contributed by atoms with E-state index in [9.17, 15) is 0 Å². The molecule has 1 heteroatoms. The lowest BCUT2D eigenvalue weighted by Gasteiger charge is -2.22. The Morgan fingerprint density at radius 1 is 0.419 bits per heavy atom. The standard InChI is InChI=1S/C42H29N/c1-42(2)38-20-9-7-18-32(38)36-24-35-33-19-8-10-21-40(33)43-41(37(35)25-39(36)42)28-14-11-13-26(22-28)34-23-27-12-3-4-15-29(27)30-16-5-6-17-31(30)34/h3-25H,1-2H3. The zero-order valence-electron chi connectivity index (χ0n) is 24.2. The third kappa shape index (κ3) is 3.49. The highest BCUT2D eigenvalue weighted by Gasteiger charge is 2.35. The molecule has 0 atom stereocenters. The van der Waals surface area contributed by atoms with Gasteiger partial charge in [-0.05, 0) is 90.6 Å². The second kappa shape index (κ2) is 8.86. The molecule has 0 bridgehead atoms. The molecule has 0 spiro atoms. The highest BCUT2D eigenvalue weighted by Crippen LogP contribution is 2.51. The maximum absolute atomic E-state index is 5.34. The van der Waals surface area contributed by atoms with Crippen LogP contribution in [0.1, 0.15) is 25.0 Å². The van der Waals surface area contributed by atoms with Gasteiger partial charge >= 0.3 is 0 Å². The number of para-hydroxylation sites is 1. The number of pyridine rings is 1. The van der Waals surface area contributed by atoms with E-state index in [0.717, 1.165) is 16.8 Å². The Kier molecular flexibility index (Phi) is 5.02. The van der Waals surface area contributed by atoms with Crippen molar-refractivity contribution in [3.05, 3.63) is 151 Å². The summed E-state index contributed by atoms with van der Waals surface area (Å²) in [6.45, 7) is 4.70. The Labute approximate surface area is 251 Å².